The topological polar surface area (TPSA) is 42.1 Å². The van der Waals surface area contributed by atoms with E-state index in [1.807, 2.05) is 6.07 Å². The van der Waals surface area contributed by atoms with Gasteiger partial charge in [-0.05, 0) is 30.7 Å². The van der Waals surface area contributed by atoms with E-state index >= 15 is 0 Å². The smallest absolute Gasteiger partial charge is 0.0501 e. The molecule has 0 unspecified atom stereocenters. The molecule has 1 aromatic carbocycles. The highest BCUT2D eigenvalue weighted by atomic mass is 15.1. The summed E-state index contributed by atoms with van der Waals surface area (Å²) in [6, 6.07) is 14.7. The van der Waals surface area contributed by atoms with Crippen LogP contribution in [-0.2, 0) is 6.54 Å². The average Bonchev–Trinajstić information content (AvgIpc) is 2.89. The summed E-state index contributed by atoms with van der Waals surface area (Å²) in [5.41, 5.74) is 8.97. The van der Waals surface area contributed by atoms with Gasteiger partial charge in [-0.2, -0.15) is 0 Å². The van der Waals surface area contributed by atoms with Gasteiger partial charge in [0.25, 0.3) is 0 Å². The molecule has 1 aliphatic heterocycles. The van der Waals surface area contributed by atoms with Crippen molar-refractivity contribution in [2.24, 2.45) is 0 Å². The van der Waals surface area contributed by atoms with Crippen molar-refractivity contribution in [2.45, 2.75) is 18.9 Å². The lowest BCUT2D eigenvalue weighted by Crippen LogP contribution is -2.19. The number of pyridine rings is 1. The monoisotopic (exact) mass is 253 g/mol. The van der Waals surface area contributed by atoms with Gasteiger partial charge in [0.15, 0.2) is 0 Å². The number of rotatable bonds is 3. The number of nitrogens with two attached hydrogens (primary N) is 1. The van der Waals surface area contributed by atoms with Gasteiger partial charge in [-0.15, -0.1) is 0 Å². The maximum atomic E-state index is 5.68. The van der Waals surface area contributed by atoms with E-state index in [-0.39, 0.29) is 0 Å². The maximum absolute atomic E-state index is 5.68. The molecule has 0 bridgehead atoms. The summed E-state index contributed by atoms with van der Waals surface area (Å²) < 4.78 is 0. The van der Waals surface area contributed by atoms with E-state index in [9.17, 15) is 0 Å². The largest absolute Gasteiger partial charge is 0.397 e. The first-order valence-corrected chi connectivity index (χ1v) is 6.79. The van der Waals surface area contributed by atoms with E-state index in [0.29, 0.717) is 5.92 Å². The van der Waals surface area contributed by atoms with Crippen molar-refractivity contribution in [2.75, 3.05) is 18.8 Å². The van der Waals surface area contributed by atoms with Gasteiger partial charge < -0.3 is 5.73 Å². The molecule has 3 nitrogen and oxygen atoms in total. The first-order valence-electron chi connectivity index (χ1n) is 6.79. The predicted octanol–water partition coefficient (Wildman–Crippen LogP) is 2.65. The second-order valence-electron chi connectivity index (χ2n) is 5.22. The summed E-state index contributed by atoms with van der Waals surface area (Å²) in [5.74, 6) is 0.546. The van der Waals surface area contributed by atoms with Crippen LogP contribution in [0.2, 0.25) is 0 Å². The minimum Gasteiger partial charge on any atom is -0.397 e. The molecule has 0 spiro atoms. The Bertz CT molecular complexity index is 521. The molecule has 2 heterocycles. The highest BCUT2D eigenvalue weighted by Crippen LogP contribution is 2.27. The number of hydrogen-bond acceptors (Lipinski definition) is 3. The van der Waals surface area contributed by atoms with Crippen LogP contribution in [0.1, 0.15) is 23.6 Å². The van der Waals surface area contributed by atoms with Crippen LogP contribution in [0.4, 0.5) is 5.69 Å². The van der Waals surface area contributed by atoms with Crippen molar-refractivity contribution >= 4 is 5.69 Å². The lowest BCUT2D eigenvalue weighted by atomic mass is 10.0. The zero-order valence-electron chi connectivity index (χ0n) is 11.0. The van der Waals surface area contributed by atoms with Crippen LogP contribution < -0.4 is 5.73 Å². The second kappa shape index (κ2) is 5.41. The minimum atomic E-state index is 0.546. The lowest BCUT2D eigenvalue weighted by molar-refractivity contribution is 0.326. The normalized spacial score (nSPS) is 19.7. The van der Waals surface area contributed by atoms with Crippen molar-refractivity contribution in [3.8, 4) is 0 Å². The molecule has 1 aromatic heterocycles. The number of aromatic nitrogens is 1. The molecule has 2 aromatic rings. The third kappa shape index (κ3) is 2.93. The van der Waals surface area contributed by atoms with E-state index in [2.05, 4.69) is 46.3 Å². The van der Waals surface area contributed by atoms with Crippen LogP contribution in [0, 0.1) is 0 Å². The number of nitrogens with zero attached hydrogens (tertiary/aromatic N) is 2. The van der Waals surface area contributed by atoms with Crippen LogP contribution in [0.15, 0.2) is 48.7 Å². The zero-order chi connectivity index (χ0) is 13.1. The predicted molar refractivity (Wildman–Crippen MR) is 77.7 cm³/mol. The van der Waals surface area contributed by atoms with Crippen molar-refractivity contribution < 1.29 is 0 Å². The number of hydrogen-bond donors (Lipinski definition) is 1. The molecule has 19 heavy (non-hydrogen) atoms. The fourth-order valence-electron chi connectivity index (χ4n) is 2.72. The lowest BCUT2D eigenvalue weighted by Gasteiger charge is -2.16. The Hall–Kier alpha value is -1.87. The highest BCUT2D eigenvalue weighted by molar-refractivity contribution is 5.35. The third-order valence-corrected chi connectivity index (χ3v) is 3.75. The van der Waals surface area contributed by atoms with Crippen LogP contribution in [0.5, 0.6) is 0 Å². The van der Waals surface area contributed by atoms with E-state index < -0.39 is 0 Å². The van der Waals surface area contributed by atoms with Gasteiger partial charge in [0, 0.05) is 24.7 Å². The average molecular weight is 253 g/mol. The Morgan fingerprint density at radius 1 is 1.16 bits per heavy atom. The van der Waals surface area contributed by atoms with Gasteiger partial charge in [-0.25, -0.2) is 0 Å². The summed E-state index contributed by atoms with van der Waals surface area (Å²) in [6.45, 7) is 3.27. The molecule has 1 fully saturated rings. The van der Waals surface area contributed by atoms with Crippen molar-refractivity contribution in [1.82, 2.24) is 9.88 Å². The molecule has 0 aliphatic carbocycles. The van der Waals surface area contributed by atoms with E-state index in [4.69, 9.17) is 5.73 Å². The number of nitrogen functional groups attached to an aromatic ring is 1. The fourth-order valence-corrected chi connectivity index (χ4v) is 2.72. The molecular formula is C16H19N3. The Morgan fingerprint density at radius 2 is 2.00 bits per heavy atom. The summed E-state index contributed by atoms with van der Waals surface area (Å²) in [7, 11) is 0. The van der Waals surface area contributed by atoms with E-state index in [1.54, 1.807) is 6.20 Å². The van der Waals surface area contributed by atoms with Crippen LogP contribution >= 0.6 is 0 Å². The molecular weight excluding hydrogens is 234 g/mol. The summed E-state index contributed by atoms with van der Waals surface area (Å²) >= 11 is 0. The molecule has 3 heteroatoms. The summed E-state index contributed by atoms with van der Waals surface area (Å²) in [5, 5.41) is 0. The first-order chi connectivity index (χ1) is 9.31. The molecule has 3 rings (SSSR count). The second-order valence-corrected chi connectivity index (χ2v) is 5.22. The van der Waals surface area contributed by atoms with E-state index in [0.717, 1.165) is 25.3 Å². The Balaban J connectivity index is 1.62. The van der Waals surface area contributed by atoms with Gasteiger partial charge in [0.05, 0.1) is 11.9 Å². The maximum Gasteiger partial charge on any atom is 0.0501 e. The van der Waals surface area contributed by atoms with Gasteiger partial charge in [0.2, 0.25) is 0 Å². The zero-order valence-corrected chi connectivity index (χ0v) is 11.0. The van der Waals surface area contributed by atoms with Crippen LogP contribution in [-0.4, -0.2) is 23.0 Å². The van der Waals surface area contributed by atoms with Crippen molar-refractivity contribution in [3.05, 3.63) is 59.9 Å². The molecule has 1 atom stereocenters. The number of likely N-dealkylation sites (tertiary alicyclic amines) is 1. The molecule has 0 radical (unpaired) electrons. The highest BCUT2D eigenvalue weighted by Gasteiger charge is 2.24. The molecule has 1 saturated heterocycles. The van der Waals surface area contributed by atoms with Crippen molar-refractivity contribution in [1.29, 1.82) is 0 Å². The Labute approximate surface area is 114 Å². The third-order valence-electron chi connectivity index (χ3n) is 3.75. The summed E-state index contributed by atoms with van der Waals surface area (Å²) in [4.78, 5) is 6.95. The molecule has 1 aliphatic rings. The number of benzene rings is 1. The molecule has 0 amide bonds. The first kappa shape index (κ1) is 12.2. The van der Waals surface area contributed by atoms with Gasteiger partial charge in [-0.1, -0.05) is 30.3 Å². The van der Waals surface area contributed by atoms with Crippen molar-refractivity contribution in [3.63, 3.8) is 0 Å². The molecule has 98 valence electrons. The Kier molecular flexibility index (Phi) is 3.47. The van der Waals surface area contributed by atoms with Gasteiger partial charge in [0.1, 0.15) is 0 Å². The minimum absolute atomic E-state index is 0.546. The van der Waals surface area contributed by atoms with Crippen LogP contribution in [0.3, 0.4) is 0 Å². The van der Waals surface area contributed by atoms with Gasteiger partial charge >= 0.3 is 0 Å². The fraction of sp³-hybridized carbons (Fsp3) is 0.312. The van der Waals surface area contributed by atoms with Gasteiger partial charge in [-0.3, -0.25) is 9.88 Å². The standard InChI is InChI=1S/C16H19N3/c17-15-6-7-16(18-10-15)14-8-9-19(12-14)11-13-4-2-1-3-5-13/h1-7,10,14H,8-9,11-12,17H2/t14-/m1/s1. The quantitative estimate of drug-likeness (QED) is 0.914. The molecule has 0 saturated carbocycles. The van der Waals surface area contributed by atoms with E-state index in [1.165, 1.54) is 17.7 Å². The van der Waals surface area contributed by atoms with Crippen LogP contribution in [0.25, 0.3) is 0 Å². The summed E-state index contributed by atoms with van der Waals surface area (Å²) in [6.07, 6.45) is 2.94. The SMILES string of the molecule is Nc1ccc([C@@H]2CCN(Cc3ccccc3)C2)nc1. The molecule has 2 N–H and O–H groups in total. The Morgan fingerprint density at radius 3 is 2.74 bits per heavy atom. The number of anilines is 1.